The first-order valence-corrected chi connectivity index (χ1v) is 6.27. The molecule has 0 unspecified atom stereocenters. The molecule has 0 aliphatic heterocycles. The van der Waals surface area contributed by atoms with Crippen molar-refractivity contribution < 1.29 is 0 Å². The van der Waals surface area contributed by atoms with Crippen LogP contribution >= 0.6 is 0 Å². The lowest BCUT2D eigenvalue weighted by atomic mass is 9.96. The topological polar surface area (TPSA) is 35.8 Å². The molecule has 1 rings (SSSR count). The summed E-state index contributed by atoms with van der Waals surface area (Å²) in [6.07, 6.45) is 2.34. The van der Waals surface area contributed by atoms with E-state index in [0.29, 0.717) is 0 Å². The Balaban J connectivity index is 2.40. The second kappa shape index (κ2) is 6.42. The van der Waals surface area contributed by atoms with Gasteiger partial charge in [-0.05, 0) is 31.4 Å². The second-order valence-corrected chi connectivity index (χ2v) is 5.17. The maximum absolute atomic E-state index is 8.90. The summed E-state index contributed by atoms with van der Waals surface area (Å²) in [5.41, 5.74) is 2.38. The summed E-state index contributed by atoms with van der Waals surface area (Å²) in [7, 11) is 0. The molecule has 0 fully saturated rings. The molecule has 0 radical (unpaired) electrons. The van der Waals surface area contributed by atoms with Crippen LogP contribution in [0.5, 0.6) is 0 Å². The maximum Gasteiger partial charge on any atom is 0.0697 e. The summed E-state index contributed by atoms with van der Waals surface area (Å²) in [5, 5.41) is 12.2. The number of nitrogens with zero attached hydrogens (tertiary/aromatic N) is 1. The SMILES string of the molecule is CCCc1ccc(CNCC(C)(C)C#N)cc1. The Hall–Kier alpha value is -1.33. The van der Waals surface area contributed by atoms with Gasteiger partial charge in [0.2, 0.25) is 0 Å². The normalized spacial score (nSPS) is 11.2. The first-order chi connectivity index (χ1) is 8.07. The molecule has 17 heavy (non-hydrogen) atoms. The highest BCUT2D eigenvalue weighted by Gasteiger charge is 2.15. The van der Waals surface area contributed by atoms with E-state index in [-0.39, 0.29) is 5.41 Å². The van der Waals surface area contributed by atoms with Crippen molar-refractivity contribution >= 4 is 0 Å². The standard InChI is InChI=1S/C15H22N2/c1-4-5-13-6-8-14(9-7-13)10-17-12-15(2,3)11-16/h6-9,17H,4-5,10,12H2,1-3H3. The van der Waals surface area contributed by atoms with Crippen molar-refractivity contribution in [3.8, 4) is 6.07 Å². The molecule has 1 N–H and O–H groups in total. The van der Waals surface area contributed by atoms with Crippen LogP contribution in [-0.2, 0) is 13.0 Å². The number of hydrogen-bond acceptors (Lipinski definition) is 2. The van der Waals surface area contributed by atoms with E-state index in [1.807, 2.05) is 13.8 Å². The van der Waals surface area contributed by atoms with E-state index in [0.717, 1.165) is 19.5 Å². The van der Waals surface area contributed by atoms with E-state index < -0.39 is 0 Å². The molecule has 0 bridgehead atoms. The molecule has 0 amide bonds. The molecule has 0 aliphatic rings. The molecule has 0 aromatic heterocycles. The summed E-state index contributed by atoms with van der Waals surface area (Å²) in [6.45, 7) is 7.64. The third-order valence-electron chi connectivity index (χ3n) is 2.76. The van der Waals surface area contributed by atoms with Gasteiger partial charge < -0.3 is 5.32 Å². The van der Waals surface area contributed by atoms with Gasteiger partial charge in [-0.15, -0.1) is 0 Å². The lowest BCUT2D eigenvalue weighted by Crippen LogP contribution is -2.27. The number of nitrogens with one attached hydrogen (secondary N) is 1. The lowest BCUT2D eigenvalue weighted by Gasteiger charge is -2.15. The Kier molecular flexibility index (Phi) is 5.18. The predicted molar refractivity (Wildman–Crippen MR) is 71.5 cm³/mol. The van der Waals surface area contributed by atoms with Crippen molar-refractivity contribution in [3.05, 3.63) is 35.4 Å². The van der Waals surface area contributed by atoms with Crippen molar-refractivity contribution in [3.63, 3.8) is 0 Å². The fraction of sp³-hybridized carbons (Fsp3) is 0.533. The van der Waals surface area contributed by atoms with Crippen molar-refractivity contribution in [2.75, 3.05) is 6.54 Å². The van der Waals surface area contributed by atoms with E-state index in [4.69, 9.17) is 5.26 Å². The van der Waals surface area contributed by atoms with Crippen LogP contribution in [-0.4, -0.2) is 6.54 Å². The Morgan fingerprint density at radius 3 is 2.29 bits per heavy atom. The summed E-state index contributed by atoms with van der Waals surface area (Å²) in [4.78, 5) is 0. The molecule has 0 atom stereocenters. The molecule has 1 aromatic carbocycles. The van der Waals surface area contributed by atoms with Gasteiger partial charge in [0, 0.05) is 13.1 Å². The number of benzene rings is 1. The minimum absolute atomic E-state index is 0.290. The quantitative estimate of drug-likeness (QED) is 0.814. The van der Waals surface area contributed by atoms with E-state index in [9.17, 15) is 0 Å². The van der Waals surface area contributed by atoms with Crippen molar-refractivity contribution in [2.45, 2.75) is 40.2 Å². The van der Waals surface area contributed by atoms with Crippen molar-refractivity contribution in [1.82, 2.24) is 5.32 Å². The Bertz CT molecular complexity index is 371. The second-order valence-electron chi connectivity index (χ2n) is 5.17. The van der Waals surface area contributed by atoms with Gasteiger partial charge in [-0.2, -0.15) is 5.26 Å². The van der Waals surface area contributed by atoms with Crippen LogP contribution in [0.2, 0.25) is 0 Å². The first kappa shape index (κ1) is 13.7. The van der Waals surface area contributed by atoms with Crippen LogP contribution in [0.1, 0.15) is 38.3 Å². The molecular weight excluding hydrogens is 208 g/mol. The van der Waals surface area contributed by atoms with Gasteiger partial charge in [-0.25, -0.2) is 0 Å². The van der Waals surface area contributed by atoms with Crippen LogP contribution in [0.3, 0.4) is 0 Å². The molecule has 2 heteroatoms. The molecule has 0 heterocycles. The molecular formula is C15H22N2. The van der Waals surface area contributed by atoms with Crippen molar-refractivity contribution in [2.24, 2.45) is 5.41 Å². The molecule has 2 nitrogen and oxygen atoms in total. The minimum atomic E-state index is -0.290. The molecule has 0 aliphatic carbocycles. The monoisotopic (exact) mass is 230 g/mol. The lowest BCUT2D eigenvalue weighted by molar-refractivity contribution is 0.445. The van der Waals surface area contributed by atoms with Crippen LogP contribution in [0.25, 0.3) is 0 Å². The number of nitriles is 1. The fourth-order valence-corrected chi connectivity index (χ4v) is 1.67. The number of hydrogen-bond donors (Lipinski definition) is 1. The van der Waals surface area contributed by atoms with E-state index in [1.54, 1.807) is 0 Å². The highest BCUT2D eigenvalue weighted by atomic mass is 14.9. The summed E-state index contributed by atoms with van der Waals surface area (Å²) >= 11 is 0. The summed E-state index contributed by atoms with van der Waals surface area (Å²) < 4.78 is 0. The first-order valence-electron chi connectivity index (χ1n) is 6.27. The van der Waals surface area contributed by atoms with Gasteiger partial charge in [0.25, 0.3) is 0 Å². The minimum Gasteiger partial charge on any atom is -0.311 e. The Labute approximate surface area is 105 Å². The van der Waals surface area contributed by atoms with E-state index in [2.05, 4.69) is 42.6 Å². The number of rotatable bonds is 6. The smallest absolute Gasteiger partial charge is 0.0697 e. The largest absolute Gasteiger partial charge is 0.311 e. The highest BCUT2D eigenvalue weighted by molar-refractivity contribution is 5.22. The van der Waals surface area contributed by atoms with Gasteiger partial charge in [0.15, 0.2) is 0 Å². The van der Waals surface area contributed by atoms with Gasteiger partial charge in [-0.1, -0.05) is 37.6 Å². The molecule has 0 spiro atoms. The van der Waals surface area contributed by atoms with Gasteiger partial charge in [0.1, 0.15) is 0 Å². The predicted octanol–water partition coefficient (Wildman–Crippen LogP) is 3.28. The molecule has 0 saturated carbocycles. The zero-order valence-corrected chi connectivity index (χ0v) is 11.1. The van der Waals surface area contributed by atoms with Crippen molar-refractivity contribution in [1.29, 1.82) is 5.26 Å². The zero-order valence-electron chi connectivity index (χ0n) is 11.1. The maximum atomic E-state index is 8.90. The average molecular weight is 230 g/mol. The average Bonchev–Trinajstić information content (AvgIpc) is 2.32. The van der Waals surface area contributed by atoms with Crippen LogP contribution in [0.4, 0.5) is 0 Å². The van der Waals surface area contributed by atoms with Gasteiger partial charge >= 0.3 is 0 Å². The highest BCUT2D eigenvalue weighted by Crippen LogP contribution is 2.11. The third-order valence-corrected chi connectivity index (χ3v) is 2.76. The Morgan fingerprint density at radius 1 is 1.18 bits per heavy atom. The summed E-state index contributed by atoms with van der Waals surface area (Å²) in [5.74, 6) is 0. The molecule has 1 aromatic rings. The van der Waals surface area contributed by atoms with Gasteiger partial charge in [-0.3, -0.25) is 0 Å². The molecule has 0 saturated heterocycles. The van der Waals surface area contributed by atoms with Crippen LogP contribution in [0.15, 0.2) is 24.3 Å². The van der Waals surface area contributed by atoms with Gasteiger partial charge in [0.05, 0.1) is 11.5 Å². The number of aryl methyl sites for hydroxylation is 1. The zero-order chi connectivity index (χ0) is 12.7. The van der Waals surface area contributed by atoms with Crippen LogP contribution in [0, 0.1) is 16.7 Å². The van der Waals surface area contributed by atoms with E-state index in [1.165, 1.54) is 17.5 Å². The van der Waals surface area contributed by atoms with E-state index >= 15 is 0 Å². The fourth-order valence-electron chi connectivity index (χ4n) is 1.67. The van der Waals surface area contributed by atoms with Crippen LogP contribution < -0.4 is 5.32 Å². The third kappa shape index (κ3) is 5.01. The molecule has 92 valence electrons. The summed E-state index contributed by atoms with van der Waals surface area (Å²) in [6, 6.07) is 11.0. The Morgan fingerprint density at radius 2 is 1.76 bits per heavy atom.